The Labute approximate surface area is 179 Å². The second-order valence-corrected chi connectivity index (χ2v) is 9.34. The van der Waals surface area contributed by atoms with E-state index < -0.39 is 22.0 Å². The van der Waals surface area contributed by atoms with Crippen molar-refractivity contribution in [3.05, 3.63) is 46.1 Å². The topological polar surface area (TPSA) is 119 Å². The molecule has 29 heavy (non-hydrogen) atoms. The number of halogens is 2. The van der Waals surface area contributed by atoms with Gasteiger partial charge in [0, 0.05) is 11.6 Å². The van der Waals surface area contributed by atoms with Crippen LogP contribution in [0.1, 0.15) is 12.8 Å². The molecule has 0 radical (unpaired) electrons. The minimum absolute atomic E-state index is 0.0741. The molecule has 0 bridgehead atoms. The number of hydrogen-bond donors (Lipinski definition) is 1. The van der Waals surface area contributed by atoms with E-state index in [1.54, 1.807) is 12.1 Å². The molecular weight excluding hydrogens is 488 g/mol. The second kappa shape index (κ2) is 7.90. The highest BCUT2D eigenvalue weighted by molar-refractivity contribution is 9.10. The number of furan rings is 1. The van der Waals surface area contributed by atoms with E-state index in [1.807, 2.05) is 0 Å². The van der Waals surface area contributed by atoms with Crippen LogP contribution in [0.4, 0.5) is 6.01 Å². The molecule has 4 rings (SSSR count). The van der Waals surface area contributed by atoms with E-state index in [2.05, 4.69) is 31.4 Å². The van der Waals surface area contributed by atoms with Gasteiger partial charge in [0.25, 0.3) is 5.89 Å². The number of sulfonamides is 1. The summed E-state index contributed by atoms with van der Waals surface area (Å²) in [6.07, 6.45) is 0.936. The molecule has 1 amide bonds. The van der Waals surface area contributed by atoms with Crippen LogP contribution in [0.25, 0.3) is 11.7 Å². The summed E-state index contributed by atoms with van der Waals surface area (Å²) in [6.45, 7) is 0.235. The van der Waals surface area contributed by atoms with Crippen LogP contribution in [-0.4, -0.2) is 41.4 Å². The van der Waals surface area contributed by atoms with Crippen molar-refractivity contribution in [3.8, 4) is 11.7 Å². The summed E-state index contributed by atoms with van der Waals surface area (Å²) in [6, 6.07) is 8.07. The van der Waals surface area contributed by atoms with Gasteiger partial charge in [-0.3, -0.25) is 10.1 Å². The van der Waals surface area contributed by atoms with Crippen molar-refractivity contribution in [2.75, 3.05) is 11.9 Å². The van der Waals surface area contributed by atoms with Crippen LogP contribution in [0.2, 0.25) is 5.02 Å². The number of nitrogens with zero attached hydrogens (tertiary/aromatic N) is 3. The molecule has 0 aliphatic carbocycles. The summed E-state index contributed by atoms with van der Waals surface area (Å²) in [5.41, 5.74) is 0. The molecular formula is C17H14BrClN4O5S. The van der Waals surface area contributed by atoms with Gasteiger partial charge in [-0.15, -0.1) is 5.10 Å². The summed E-state index contributed by atoms with van der Waals surface area (Å²) in [7, 11) is -3.85. The standard InChI is InChI=1S/C17H14BrClN4O5S/c18-14-8-7-13(27-14)16-21-22-17(28-16)20-15(24)12-2-1-9-23(12)29(25,26)11-5-3-10(19)4-6-11/h3-8,12H,1-2,9H2,(H,20,22,24). The first-order chi connectivity index (χ1) is 13.8. The van der Waals surface area contributed by atoms with Crippen LogP contribution >= 0.6 is 27.5 Å². The van der Waals surface area contributed by atoms with Crippen molar-refractivity contribution in [2.45, 2.75) is 23.8 Å². The van der Waals surface area contributed by atoms with E-state index in [0.717, 1.165) is 0 Å². The largest absolute Gasteiger partial charge is 0.444 e. The highest BCUT2D eigenvalue weighted by Crippen LogP contribution is 2.29. The van der Waals surface area contributed by atoms with Crippen LogP contribution in [0.15, 0.2) is 54.8 Å². The fraction of sp³-hybridized carbons (Fsp3) is 0.235. The van der Waals surface area contributed by atoms with Gasteiger partial charge < -0.3 is 8.83 Å². The molecule has 1 atom stereocenters. The van der Waals surface area contributed by atoms with E-state index in [4.69, 9.17) is 20.4 Å². The van der Waals surface area contributed by atoms with E-state index in [0.29, 0.717) is 28.3 Å². The number of carbonyl (C=O) groups is 1. The zero-order chi connectivity index (χ0) is 20.6. The summed E-state index contributed by atoms with van der Waals surface area (Å²) in [5, 5.41) is 10.5. The van der Waals surface area contributed by atoms with Crippen LogP contribution in [0.5, 0.6) is 0 Å². The number of rotatable bonds is 5. The quantitative estimate of drug-likeness (QED) is 0.568. The van der Waals surface area contributed by atoms with Crippen LogP contribution in [-0.2, 0) is 14.8 Å². The SMILES string of the molecule is O=C(Nc1nnc(-c2ccc(Br)o2)o1)C1CCCN1S(=O)(=O)c1ccc(Cl)cc1. The molecule has 3 heterocycles. The summed E-state index contributed by atoms with van der Waals surface area (Å²) in [4.78, 5) is 12.8. The van der Waals surface area contributed by atoms with Gasteiger partial charge in [0.1, 0.15) is 6.04 Å². The predicted octanol–water partition coefficient (Wildman–Crippen LogP) is 3.54. The Bertz CT molecular complexity index is 1140. The lowest BCUT2D eigenvalue weighted by atomic mass is 10.2. The highest BCUT2D eigenvalue weighted by Gasteiger charge is 2.40. The normalized spacial score (nSPS) is 17.5. The Morgan fingerprint density at radius 3 is 2.62 bits per heavy atom. The van der Waals surface area contributed by atoms with Gasteiger partial charge in [0.2, 0.25) is 15.9 Å². The van der Waals surface area contributed by atoms with Crippen molar-refractivity contribution in [2.24, 2.45) is 0 Å². The molecule has 1 N–H and O–H groups in total. The number of carbonyl (C=O) groups excluding carboxylic acids is 1. The van der Waals surface area contributed by atoms with Gasteiger partial charge in [-0.05, 0) is 65.2 Å². The van der Waals surface area contributed by atoms with Crippen molar-refractivity contribution in [1.82, 2.24) is 14.5 Å². The number of nitrogens with one attached hydrogen (secondary N) is 1. The van der Waals surface area contributed by atoms with E-state index >= 15 is 0 Å². The van der Waals surface area contributed by atoms with E-state index in [1.165, 1.54) is 28.6 Å². The molecule has 152 valence electrons. The molecule has 1 fully saturated rings. The zero-order valence-corrected chi connectivity index (χ0v) is 17.9. The van der Waals surface area contributed by atoms with Crippen LogP contribution in [0, 0.1) is 0 Å². The van der Waals surface area contributed by atoms with Gasteiger partial charge in [0.15, 0.2) is 10.4 Å². The molecule has 1 unspecified atom stereocenters. The maximum Gasteiger partial charge on any atom is 0.322 e. The first kappa shape index (κ1) is 20.1. The lowest BCUT2D eigenvalue weighted by Gasteiger charge is -2.22. The average Bonchev–Trinajstić information content (AvgIpc) is 3.42. The molecule has 0 saturated carbocycles. The molecule has 1 aliphatic heterocycles. The highest BCUT2D eigenvalue weighted by atomic mass is 79.9. The molecule has 1 aromatic carbocycles. The fourth-order valence-corrected chi connectivity index (χ4v) is 5.11. The molecule has 1 aliphatic rings. The van der Waals surface area contributed by atoms with Gasteiger partial charge in [-0.1, -0.05) is 16.7 Å². The maximum absolute atomic E-state index is 12.9. The molecule has 0 spiro atoms. The Balaban J connectivity index is 1.51. The van der Waals surface area contributed by atoms with Crippen LogP contribution < -0.4 is 5.32 Å². The molecule has 2 aromatic heterocycles. The summed E-state index contributed by atoms with van der Waals surface area (Å²) < 4.78 is 38.2. The van der Waals surface area contributed by atoms with Gasteiger partial charge >= 0.3 is 6.01 Å². The number of amides is 1. The zero-order valence-electron chi connectivity index (χ0n) is 14.7. The number of hydrogen-bond acceptors (Lipinski definition) is 7. The van der Waals surface area contributed by atoms with Crippen molar-refractivity contribution in [1.29, 1.82) is 0 Å². The minimum Gasteiger partial charge on any atom is -0.444 e. The monoisotopic (exact) mass is 500 g/mol. The fourth-order valence-electron chi connectivity index (χ4n) is 3.02. The predicted molar refractivity (Wildman–Crippen MR) is 107 cm³/mol. The Morgan fingerprint density at radius 1 is 1.17 bits per heavy atom. The first-order valence-corrected chi connectivity index (χ1v) is 11.1. The van der Waals surface area contributed by atoms with E-state index in [9.17, 15) is 13.2 Å². The molecule has 12 heteroatoms. The molecule has 1 saturated heterocycles. The summed E-state index contributed by atoms with van der Waals surface area (Å²) in [5.74, 6) is -0.128. The van der Waals surface area contributed by atoms with Crippen molar-refractivity contribution < 1.29 is 22.0 Å². The minimum atomic E-state index is -3.85. The average molecular weight is 502 g/mol. The van der Waals surface area contributed by atoms with Gasteiger partial charge in [-0.25, -0.2) is 8.42 Å². The Kier molecular flexibility index (Phi) is 5.47. The molecule has 9 nitrogen and oxygen atoms in total. The second-order valence-electron chi connectivity index (χ2n) is 6.23. The van der Waals surface area contributed by atoms with Crippen LogP contribution in [0.3, 0.4) is 0 Å². The number of benzene rings is 1. The van der Waals surface area contributed by atoms with Gasteiger partial charge in [-0.2, -0.15) is 4.31 Å². The smallest absolute Gasteiger partial charge is 0.322 e. The van der Waals surface area contributed by atoms with Gasteiger partial charge in [0.05, 0.1) is 4.90 Å². The molecule has 3 aromatic rings. The third-order valence-electron chi connectivity index (χ3n) is 4.37. The number of aromatic nitrogens is 2. The summed E-state index contributed by atoms with van der Waals surface area (Å²) >= 11 is 9.01. The van der Waals surface area contributed by atoms with E-state index in [-0.39, 0.29) is 23.3 Å². The first-order valence-electron chi connectivity index (χ1n) is 8.52. The lowest BCUT2D eigenvalue weighted by Crippen LogP contribution is -2.43. The third kappa shape index (κ3) is 4.08. The van der Waals surface area contributed by atoms with Crippen molar-refractivity contribution >= 4 is 49.5 Å². The maximum atomic E-state index is 12.9. The Hall–Kier alpha value is -2.21. The Morgan fingerprint density at radius 2 is 1.93 bits per heavy atom. The third-order valence-corrected chi connectivity index (χ3v) is 6.97. The number of anilines is 1. The van der Waals surface area contributed by atoms with Crippen molar-refractivity contribution in [3.63, 3.8) is 0 Å². The lowest BCUT2D eigenvalue weighted by molar-refractivity contribution is -0.119.